The molecule has 0 saturated carbocycles. The number of carbonyl (C=O) groups is 1. The summed E-state index contributed by atoms with van der Waals surface area (Å²) in [5.41, 5.74) is 1.30. The van der Waals surface area contributed by atoms with E-state index in [1.165, 1.54) is 28.5 Å². The Kier molecular flexibility index (Phi) is 6.99. The molecule has 2 aromatic rings. The zero-order valence-corrected chi connectivity index (χ0v) is 20.5. The molecule has 1 amide bonds. The average molecular weight is 482 g/mol. The zero-order chi connectivity index (χ0) is 22.9. The van der Waals surface area contributed by atoms with Gasteiger partial charge in [-0.05, 0) is 58.5 Å². The molecule has 11 heteroatoms. The molecule has 2 saturated heterocycles. The van der Waals surface area contributed by atoms with E-state index < -0.39 is 15.9 Å². The number of hydrogen-bond acceptors (Lipinski definition) is 8. The number of aryl methyl sites for hydroxylation is 2. The number of anilines is 1. The van der Waals surface area contributed by atoms with Gasteiger partial charge in [0.25, 0.3) is 0 Å². The highest BCUT2D eigenvalue weighted by Gasteiger charge is 2.36. The lowest BCUT2D eigenvalue weighted by molar-refractivity contribution is -0.120. The average Bonchev–Trinajstić information content (AvgIpc) is 3.35. The minimum Gasteiger partial charge on any atom is -0.360 e. The van der Waals surface area contributed by atoms with Crippen LogP contribution in [0.15, 0.2) is 14.8 Å². The molecule has 0 radical (unpaired) electrons. The summed E-state index contributed by atoms with van der Waals surface area (Å²) in [6.45, 7) is 8.98. The number of aromatic nitrogens is 2. The van der Waals surface area contributed by atoms with Crippen molar-refractivity contribution < 1.29 is 17.7 Å². The molecule has 32 heavy (non-hydrogen) atoms. The third-order valence-corrected chi connectivity index (χ3v) is 9.28. The van der Waals surface area contributed by atoms with E-state index in [-0.39, 0.29) is 23.1 Å². The van der Waals surface area contributed by atoms with Gasteiger partial charge in [0.05, 0.1) is 11.6 Å². The number of amides is 1. The first-order valence-electron chi connectivity index (χ1n) is 11.1. The Morgan fingerprint density at radius 3 is 2.69 bits per heavy atom. The van der Waals surface area contributed by atoms with Gasteiger partial charge in [0.2, 0.25) is 15.9 Å². The molecule has 2 fully saturated rings. The van der Waals surface area contributed by atoms with Crippen LogP contribution in [0.2, 0.25) is 0 Å². The van der Waals surface area contributed by atoms with E-state index in [2.05, 4.69) is 27.3 Å². The summed E-state index contributed by atoms with van der Waals surface area (Å²) in [6.07, 6.45) is 3.69. The van der Waals surface area contributed by atoms with Gasteiger partial charge in [0, 0.05) is 25.0 Å². The van der Waals surface area contributed by atoms with Crippen molar-refractivity contribution in [1.82, 2.24) is 19.3 Å². The Balaban J connectivity index is 1.36. The molecule has 0 aromatic carbocycles. The SMILES string of the molecule is Cc1noc(C)c1S(=O)(=O)N1CCCC(C(=O)Nc2nc(CN3CCC(C)CC3)cs2)C1. The topological polar surface area (TPSA) is 109 Å². The highest BCUT2D eigenvalue weighted by atomic mass is 32.2. The number of nitrogens with zero attached hydrogens (tertiary/aromatic N) is 4. The van der Waals surface area contributed by atoms with Crippen LogP contribution in [0.4, 0.5) is 5.13 Å². The van der Waals surface area contributed by atoms with E-state index in [1.807, 2.05) is 5.38 Å². The van der Waals surface area contributed by atoms with Crippen LogP contribution in [0.25, 0.3) is 0 Å². The van der Waals surface area contributed by atoms with Gasteiger partial charge in [-0.2, -0.15) is 4.31 Å². The van der Waals surface area contributed by atoms with Crippen molar-refractivity contribution in [3.63, 3.8) is 0 Å². The largest absolute Gasteiger partial charge is 0.360 e. The van der Waals surface area contributed by atoms with Crippen LogP contribution in [-0.4, -0.2) is 59.8 Å². The molecule has 1 unspecified atom stereocenters. The van der Waals surface area contributed by atoms with Crippen molar-refractivity contribution in [3.8, 4) is 0 Å². The van der Waals surface area contributed by atoms with Crippen molar-refractivity contribution in [2.75, 3.05) is 31.5 Å². The minimum atomic E-state index is -3.76. The molecule has 9 nitrogen and oxygen atoms in total. The number of likely N-dealkylation sites (tertiary alicyclic amines) is 1. The fourth-order valence-electron chi connectivity index (χ4n) is 4.44. The Morgan fingerprint density at radius 1 is 1.25 bits per heavy atom. The lowest BCUT2D eigenvalue weighted by Crippen LogP contribution is -2.43. The Hall–Kier alpha value is -1.82. The summed E-state index contributed by atoms with van der Waals surface area (Å²) < 4.78 is 32.6. The van der Waals surface area contributed by atoms with E-state index in [0.29, 0.717) is 30.2 Å². The maximum Gasteiger partial charge on any atom is 0.248 e. The molecule has 2 aliphatic rings. The summed E-state index contributed by atoms with van der Waals surface area (Å²) >= 11 is 1.42. The number of thiazole rings is 1. The number of rotatable bonds is 6. The monoisotopic (exact) mass is 481 g/mol. The van der Waals surface area contributed by atoms with E-state index in [1.54, 1.807) is 13.8 Å². The van der Waals surface area contributed by atoms with Gasteiger partial charge >= 0.3 is 0 Å². The van der Waals surface area contributed by atoms with Gasteiger partial charge < -0.3 is 9.84 Å². The molecular weight excluding hydrogens is 450 g/mol. The van der Waals surface area contributed by atoms with E-state index in [9.17, 15) is 13.2 Å². The van der Waals surface area contributed by atoms with Crippen molar-refractivity contribution in [1.29, 1.82) is 0 Å². The molecule has 1 atom stereocenters. The maximum absolute atomic E-state index is 13.1. The second-order valence-corrected chi connectivity index (χ2v) is 11.7. The molecule has 1 N–H and O–H groups in total. The van der Waals surface area contributed by atoms with Gasteiger partial charge in [-0.3, -0.25) is 9.69 Å². The van der Waals surface area contributed by atoms with Crippen molar-refractivity contribution in [2.45, 2.75) is 57.9 Å². The highest BCUT2D eigenvalue weighted by molar-refractivity contribution is 7.89. The first-order chi connectivity index (χ1) is 15.2. The summed E-state index contributed by atoms with van der Waals surface area (Å²) in [5.74, 6) is 0.451. The quantitative estimate of drug-likeness (QED) is 0.675. The predicted molar refractivity (Wildman–Crippen MR) is 122 cm³/mol. The molecule has 176 valence electrons. The van der Waals surface area contributed by atoms with Gasteiger partial charge in [0.1, 0.15) is 10.6 Å². The minimum absolute atomic E-state index is 0.107. The smallest absolute Gasteiger partial charge is 0.248 e. The number of sulfonamides is 1. The van der Waals surface area contributed by atoms with Gasteiger partial charge in [-0.1, -0.05) is 12.1 Å². The molecule has 2 aromatic heterocycles. The summed E-state index contributed by atoms with van der Waals surface area (Å²) in [7, 11) is -3.76. The normalized spacial score (nSPS) is 21.7. The van der Waals surface area contributed by atoms with E-state index >= 15 is 0 Å². The lowest BCUT2D eigenvalue weighted by atomic mass is 9.99. The van der Waals surface area contributed by atoms with Crippen LogP contribution in [0, 0.1) is 25.7 Å². The molecule has 4 rings (SSSR count). The van der Waals surface area contributed by atoms with E-state index in [4.69, 9.17) is 4.52 Å². The third-order valence-electron chi connectivity index (χ3n) is 6.36. The first-order valence-corrected chi connectivity index (χ1v) is 13.5. The van der Waals surface area contributed by atoms with Gasteiger partial charge in [0.15, 0.2) is 10.9 Å². The molecule has 0 bridgehead atoms. The fraction of sp³-hybridized carbons (Fsp3) is 0.667. The van der Waals surface area contributed by atoms with Crippen LogP contribution < -0.4 is 5.32 Å². The third kappa shape index (κ3) is 5.05. The van der Waals surface area contributed by atoms with Crippen LogP contribution in [0.1, 0.15) is 49.8 Å². The summed E-state index contributed by atoms with van der Waals surface area (Å²) in [5, 5.41) is 9.23. The lowest BCUT2D eigenvalue weighted by Gasteiger charge is -2.30. The summed E-state index contributed by atoms with van der Waals surface area (Å²) in [6, 6.07) is 0. The number of nitrogens with one attached hydrogen (secondary N) is 1. The Bertz CT molecular complexity index is 1040. The maximum atomic E-state index is 13.1. The number of hydrogen-bond donors (Lipinski definition) is 1. The highest BCUT2D eigenvalue weighted by Crippen LogP contribution is 2.29. The summed E-state index contributed by atoms with van der Waals surface area (Å²) in [4.78, 5) is 20.0. The number of carbonyl (C=O) groups excluding carboxylic acids is 1. The molecular formula is C21H31N5O4S2. The van der Waals surface area contributed by atoms with Gasteiger partial charge in [-0.15, -0.1) is 11.3 Å². The van der Waals surface area contributed by atoms with Crippen molar-refractivity contribution >= 4 is 32.4 Å². The number of piperidine rings is 2. The predicted octanol–water partition coefficient (Wildman–Crippen LogP) is 3.02. The molecule has 0 spiro atoms. The van der Waals surface area contributed by atoms with E-state index in [0.717, 1.165) is 31.2 Å². The standard InChI is InChI=1S/C21H31N5O4S2/c1-14-6-9-25(10-7-14)12-18-13-31-21(22-18)23-20(27)17-5-4-8-26(11-17)32(28,29)19-15(2)24-30-16(19)3/h13-14,17H,4-12H2,1-3H3,(H,22,23,27). The first kappa shape index (κ1) is 23.3. The van der Waals surface area contributed by atoms with Gasteiger partial charge in [-0.25, -0.2) is 13.4 Å². The van der Waals surface area contributed by atoms with Crippen molar-refractivity contribution in [3.05, 3.63) is 22.5 Å². The van der Waals surface area contributed by atoms with Crippen LogP contribution in [-0.2, 0) is 21.4 Å². The van der Waals surface area contributed by atoms with Crippen LogP contribution >= 0.6 is 11.3 Å². The molecule has 2 aliphatic heterocycles. The van der Waals surface area contributed by atoms with Crippen molar-refractivity contribution in [2.24, 2.45) is 11.8 Å². The second-order valence-electron chi connectivity index (χ2n) is 8.95. The second kappa shape index (κ2) is 9.58. The Morgan fingerprint density at radius 2 is 2.00 bits per heavy atom. The molecule has 4 heterocycles. The molecule has 0 aliphatic carbocycles. The Labute approximate surface area is 193 Å². The van der Waals surface area contributed by atoms with Crippen LogP contribution in [0.3, 0.4) is 0 Å². The fourth-order valence-corrected chi connectivity index (χ4v) is 6.96. The van der Waals surface area contributed by atoms with Crippen LogP contribution in [0.5, 0.6) is 0 Å². The zero-order valence-electron chi connectivity index (χ0n) is 18.8.